The first-order chi connectivity index (χ1) is 16.2. The second-order valence-electron chi connectivity index (χ2n) is 8.91. The van der Waals surface area contributed by atoms with Crippen LogP contribution in [0.4, 0.5) is 0 Å². The highest BCUT2D eigenvalue weighted by molar-refractivity contribution is 6.17. The minimum atomic E-state index is 0.840. The summed E-state index contributed by atoms with van der Waals surface area (Å²) < 4.78 is 2.50. The lowest BCUT2D eigenvalue weighted by molar-refractivity contribution is 0.866. The quantitative estimate of drug-likeness (QED) is 0.284. The molecule has 0 unspecified atom stereocenters. The summed E-state index contributed by atoms with van der Waals surface area (Å²) in [6.45, 7) is 5.41. The molecule has 0 fully saturated rings. The number of hydrogen-bond donors (Lipinski definition) is 0. The molecular formula is C31H26N2. The zero-order valence-corrected chi connectivity index (χ0v) is 19.0. The third-order valence-corrected chi connectivity index (χ3v) is 6.91. The third-order valence-electron chi connectivity index (χ3n) is 6.91. The van der Waals surface area contributed by atoms with Crippen LogP contribution < -0.4 is 0 Å². The van der Waals surface area contributed by atoms with Crippen LogP contribution in [0.2, 0.25) is 0 Å². The Kier molecular flexibility index (Phi) is 4.73. The molecule has 2 heteroatoms. The van der Waals surface area contributed by atoms with E-state index in [1.807, 2.05) is 6.20 Å². The first kappa shape index (κ1) is 19.8. The summed E-state index contributed by atoms with van der Waals surface area (Å²) in [6, 6.07) is 32.4. The van der Waals surface area contributed by atoms with Crippen LogP contribution in [0.15, 0.2) is 97.2 Å². The van der Waals surface area contributed by atoms with Crippen LogP contribution in [0.3, 0.4) is 0 Å². The number of nitrogens with zero attached hydrogens (tertiary/aromatic N) is 2. The van der Waals surface area contributed by atoms with Gasteiger partial charge in [0.05, 0.1) is 11.2 Å². The van der Waals surface area contributed by atoms with Crippen molar-refractivity contribution in [3.8, 4) is 0 Å². The molecule has 2 aromatic heterocycles. The third kappa shape index (κ3) is 3.22. The van der Waals surface area contributed by atoms with Gasteiger partial charge >= 0.3 is 0 Å². The van der Waals surface area contributed by atoms with Crippen molar-refractivity contribution in [2.45, 2.75) is 26.8 Å². The fraction of sp³-hybridized carbons (Fsp3) is 0.129. The summed E-state index contributed by atoms with van der Waals surface area (Å²) in [5, 5.41) is 5.28. The van der Waals surface area contributed by atoms with E-state index in [2.05, 4.69) is 109 Å². The minimum absolute atomic E-state index is 0.840. The Bertz CT molecular complexity index is 1610. The second-order valence-corrected chi connectivity index (χ2v) is 8.91. The van der Waals surface area contributed by atoms with Gasteiger partial charge in [-0.1, -0.05) is 78.9 Å². The highest BCUT2D eigenvalue weighted by Crippen LogP contribution is 2.40. The van der Waals surface area contributed by atoms with Crippen molar-refractivity contribution < 1.29 is 0 Å². The van der Waals surface area contributed by atoms with E-state index in [1.165, 1.54) is 54.8 Å². The van der Waals surface area contributed by atoms with E-state index in [4.69, 9.17) is 4.98 Å². The molecule has 0 aliphatic carbocycles. The molecule has 4 aromatic carbocycles. The number of aryl methyl sites for hydroxylation is 2. The van der Waals surface area contributed by atoms with Gasteiger partial charge in [0.15, 0.2) is 0 Å². The van der Waals surface area contributed by atoms with Gasteiger partial charge in [0.1, 0.15) is 0 Å². The fourth-order valence-electron chi connectivity index (χ4n) is 5.42. The van der Waals surface area contributed by atoms with Crippen LogP contribution in [0.25, 0.3) is 32.6 Å². The lowest BCUT2D eigenvalue weighted by atomic mass is 9.93. The molecule has 33 heavy (non-hydrogen) atoms. The molecule has 0 amide bonds. The molecule has 6 aromatic rings. The van der Waals surface area contributed by atoms with Gasteiger partial charge in [0, 0.05) is 40.8 Å². The van der Waals surface area contributed by atoms with Gasteiger partial charge in [-0.15, -0.1) is 0 Å². The molecule has 0 aliphatic heterocycles. The molecular weight excluding hydrogens is 400 g/mol. The predicted octanol–water partition coefficient (Wildman–Crippen LogP) is 7.60. The van der Waals surface area contributed by atoms with Crippen molar-refractivity contribution in [2.75, 3.05) is 0 Å². The Morgan fingerprint density at radius 2 is 1.30 bits per heavy atom. The van der Waals surface area contributed by atoms with Crippen molar-refractivity contribution in [3.05, 3.63) is 125 Å². The summed E-state index contributed by atoms with van der Waals surface area (Å²) in [5.41, 5.74) is 9.04. The topological polar surface area (TPSA) is 17.8 Å². The summed E-state index contributed by atoms with van der Waals surface area (Å²) in [4.78, 5) is 4.86. The zero-order valence-electron chi connectivity index (χ0n) is 19.0. The summed E-state index contributed by atoms with van der Waals surface area (Å²) in [7, 11) is 0. The van der Waals surface area contributed by atoms with Crippen LogP contribution in [0.1, 0.15) is 27.9 Å². The number of para-hydroxylation sites is 1. The van der Waals surface area contributed by atoms with Crippen LogP contribution in [0, 0.1) is 13.8 Å². The Balaban J connectivity index is 1.68. The smallest absolute Gasteiger partial charge is 0.0533 e. The molecule has 0 saturated carbocycles. The molecule has 6 rings (SSSR count). The maximum absolute atomic E-state index is 4.86. The number of hydrogen-bond acceptors (Lipinski definition) is 1. The Morgan fingerprint density at radius 3 is 2.06 bits per heavy atom. The van der Waals surface area contributed by atoms with Gasteiger partial charge in [-0.05, 0) is 53.6 Å². The van der Waals surface area contributed by atoms with E-state index in [9.17, 15) is 0 Å². The van der Waals surface area contributed by atoms with E-state index < -0.39 is 0 Å². The highest BCUT2D eigenvalue weighted by atomic mass is 15.0. The van der Waals surface area contributed by atoms with Gasteiger partial charge < -0.3 is 4.57 Å². The lowest BCUT2D eigenvalue weighted by Crippen LogP contribution is -2.02. The first-order valence-electron chi connectivity index (χ1n) is 11.6. The average Bonchev–Trinajstić information content (AvgIpc) is 3.18. The Morgan fingerprint density at radius 1 is 0.636 bits per heavy atom. The van der Waals surface area contributed by atoms with E-state index in [0.717, 1.165) is 18.7 Å². The van der Waals surface area contributed by atoms with Crippen molar-refractivity contribution in [1.82, 2.24) is 9.55 Å². The van der Waals surface area contributed by atoms with Gasteiger partial charge in [0.2, 0.25) is 0 Å². The lowest BCUT2D eigenvalue weighted by Gasteiger charge is -2.15. The van der Waals surface area contributed by atoms with Crippen molar-refractivity contribution in [3.63, 3.8) is 0 Å². The van der Waals surface area contributed by atoms with Crippen molar-refractivity contribution in [2.24, 2.45) is 0 Å². The number of fused-ring (bicyclic) bond motifs is 4. The van der Waals surface area contributed by atoms with Crippen LogP contribution >= 0.6 is 0 Å². The van der Waals surface area contributed by atoms with Gasteiger partial charge in [-0.3, -0.25) is 4.98 Å². The van der Waals surface area contributed by atoms with E-state index in [1.54, 1.807) is 0 Å². The van der Waals surface area contributed by atoms with E-state index in [-0.39, 0.29) is 0 Å². The molecule has 160 valence electrons. The molecule has 0 atom stereocenters. The molecule has 0 bridgehead atoms. The standard InChI is InChI=1S/C31H26N2/c1-21-25-17-18-32-27(19-23-11-5-3-6-12-23)29(25)22(2)30-26-15-9-10-16-28(26)33(31(21)30)20-24-13-7-4-8-14-24/h3-18H,19-20H2,1-2H3. The summed E-state index contributed by atoms with van der Waals surface area (Å²) in [5.74, 6) is 0. The number of rotatable bonds is 4. The van der Waals surface area contributed by atoms with Crippen molar-refractivity contribution >= 4 is 32.6 Å². The summed E-state index contributed by atoms with van der Waals surface area (Å²) in [6.07, 6.45) is 2.82. The van der Waals surface area contributed by atoms with Crippen LogP contribution in [-0.2, 0) is 13.0 Å². The normalized spacial score (nSPS) is 11.6. The SMILES string of the molecule is Cc1c2c(Cc3ccccc3)nccc2c(C)c2c1c1ccccc1n2Cc1ccccc1. The molecule has 2 nitrogen and oxygen atoms in total. The van der Waals surface area contributed by atoms with Crippen LogP contribution in [0.5, 0.6) is 0 Å². The number of pyridine rings is 1. The maximum atomic E-state index is 4.86. The predicted molar refractivity (Wildman–Crippen MR) is 139 cm³/mol. The molecule has 0 spiro atoms. The fourth-order valence-corrected chi connectivity index (χ4v) is 5.42. The molecule has 0 N–H and O–H groups in total. The monoisotopic (exact) mass is 426 g/mol. The van der Waals surface area contributed by atoms with E-state index >= 15 is 0 Å². The Hall–Kier alpha value is -3.91. The number of benzene rings is 4. The molecule has 0 saturated heterocycles. The second kappa shape index (κ2) is 7.90. The first-order valence-corrected chi connectivity index (χ1v) is 11.6. The molecule has 2 heterocycles. The van der Waals surface area contributed by atoms with Crippen LogP contribution in [-0.4, -0.2) is 9.55 Å². The molecule has 0 aliphatic rings. The van der Waals surface area contributed by atoms with Gasteiger partial charge in [0.25, 0.3) is 0 Å². The summed E-state index contributed by atoms with van der Waals surface area (Å²) >= 11 is 0. The largest absolute Gasteiger partial charge is 0.336 e. The number of aromatic nitrogens is 2. The Labute approximate surface area is 194 Å². The van der Waals surface area contributed by atoms with Gasteiger partial charge in [-0.2, -0.15) is 0 Å². The average molecular weight is 427 g/mol. The highest BCUT2D eigenvalue weighted by Gasteiger charge is 2.20. The van der Waals surface area contributed by atoms with Gasteiger partial charge in [-0.25, -0.2) is 0 Å². The molecule has 0 radical (unpaired) electrons. The van der Waals surface area contributed by atoms with E-state index in [0.29, 0.717) is 0 Å². The van der Waals surface area contributed by atoms with Crippen molar-refractivity contribution in [1.29, 1.82) is 0 Å². The minimum Gasteiger partial charge on any atom is -0.336 e. The zero-order chi connectivity index (χ0) is 22.4. The maximum Gasteiger partial charge on any atom is 0.0533 e.